The largest absolute Gasteiger partial charge is 0.496 e. The zero-order valence-corrected chi connectivity index (χ0v) is 16.1. The molecule has 0 radical (unpaired) electrons. The van der Waals surface area contributed by atoms with Crippen molar-refractivity contribution < 1.29 is 14.3 Å². The molecule has 1 aromatic heterocycles. The van der Waals surface area contributed by atoms with Gasteiger partial charge in [0.05, 0.1) is 13.7 Å². The summed E-state index contributed by atoms with van der Waals surface area (Å²) in [6, 6.07) is 14.8. The van der Waals surface area contributed by atoms with E-state index in [1.807, 2.05) is 25.1 Å². The predicted octanol–water partition coefficient (Wildman–Crippen LogP) is 4.76. The van der Waals surface area contributed by atoms with Gasteiger partial charge in [-0.1, -0.05) is 36.8 Å². The van der Waals surface area contributed by atoms with E-state index in [9.17, 15) is 5.11 Å². The van der Waals surface area contributed by atoms with Crippen molar-refractivity contribution in [1.29, 1.82) is 0 Å². The Kier molecular flexibility index (Phi) is 5.19. The first-order valence-corrected chi connectivity index (χ1v) is 9.71. The van der Waals surface area contributed by atoms with E-state index in [0.29, 0.717) is 0 Å². The van der Waals surface area contributed by atoms with Gasteiger partial charge in [-0.05, 0) is 44.0 Å². The van der Waals surface area contributed by atoms with Crippen molar-refractivity contribution in [2.75, 3.05) is 20.3 Å². The lowest BCUT2D eigenvalue weighted by atomic mass is 9.99. The Morgan fingerprint density at radius 3 is 2.74 bits per heavy atom. The number of ether oxygens (including phenoxy) is 1. The number of methoxy groups -OCH3 is 1. The van der Waals surface area contributed by atoms with Gasteiger partial charge in [0.1, 0.15) is 17.1 Å². The Balaban J connectivity index is 1.75. The third-order valence-electron chi connectivity index (χ3n) is 5.66. The smallest absolute Gasteiger partial charge is 0.135 e. The lowest BCUT2D eigenvalue weighted by molar-refractivity contribution is 0.0834. The summed E-state index contributed by atoms with van der Waals surface area (Å²) >= 11 is 0. The second kappa shape index (κ2) is 7.75. The van der Waals surface area contributed by atoms with Crippen LogP contribution in [-0.2, 0) is 6.54 Å². The van der Waals surface area contributed by atoms with Crippen LogP contribution in [0.5, 0.6) is 5.75 Å². The second-order valence-corrected chi connectivity index (χ2v) is 7.36. The number of nitrogens with zero attached hydrogens (tertiary/aromatic N) is 1. The molecule has 1 aliphatic heterocycles. The Labute approximate surface area is 160 Å². The van der Waals surface area contributed by atoms with E-state index in [2.05, 4.69) is 29.2 Å². The minimum absolute atomic E-state index is 0.211. The van der Waals surface area contributed by atoms with Crippen molar-refractivity contribution in [3.05, 3.63) is 53.8 Å². The van der Waals surface area contributed by atoms with Crippen LogP contribution >= 0.6 is 0 Å². The molecule has 142 valence electrons. The van der Waals surface area contributed by atoms with Gasteiger partial charge in [-0.2, -0.15) is 0 Å². The van der Waals surface area contributed by atoms with Crippen molar-refractivity contribution >= 4 is 11.0 Å². The molecular formula is C23H27NO3. The SMILES string of the molecule is COc1cc2c(-c3ccccc3)c(C)oc2cc1CN1CCCC[C@H]1CO. The molecule has 0 saturated carbocycles. The summed E-state index contributed by atoms with van der Waals surface area (Å²) < 4.78 is 11.8. The minimum Gasteiger partial charge on any atom is -0.496 e. The normalized spacial score (nSPS) is 18.1. The van der Waals surface area contributed by atoms with Gasteiger partial charge in [0, 0.05) is 29.1 Å². The van der Waals surface area contributed by atoms with Gasteiger partial charge in [-0.3, -0.25) is 4.90 Å². The maximum atomic E-state index is 9.71. The Bertz CT molecular complexity index is 916. The number of fused-ring (bicyclic) bond motifs is 1. The summed E-state index contributed by atoms with van der Waals surface area (Å²) in [5.74, 6) is 1.80. The molecule has 4 rings (SSSR count). The monoisotopic (exact) mass is 365 g/mol. The number of aliphatic hydroxyl groups is 1. The third-order valence-corrected chi connectivity index (χ3v) is 5.66. The van der Waals surface area contributed by atoms with Gasteiger partial charge in [-0.25, -0.2) is 0 Å². The molecule has 0 amide bonds. The van der Waals surface area contributed by atoms with Crippen LogP contribution in [0, 0.1) is 6.92 Å². The lowest BCUT2D eigenvalue weighted by Crippen LogP contribution is -2.41. The van der Waals surface area contributed by atoms with Crippen LogP contribution in [0.3, 0.4) is 0 Å². The Morgan fingerprint density at radius 2 is 2.00 bits per heavy atom. The summed E-state index contributed by atoms with van der Waals surface area (Å²) in [4.78, 5) is 2.36. The molecule has 0 aliphatic carbocycles. The number of piperidine rings is 1. The standard InChI is InChI=1S/C23H27NO3/c1-16-23(17-8-4-3-5-9-17)20-13-21(26-2)18(12-22(20)27-16)14-24-11-7-6-10-19(24)15-25/h3-5,8-9,12-13,19,25H,6-7,10-11,14-15H2,1-2H3/t19-/m0/s1. The third kappa shape index (κ3) is 3.47. The Hall–Kier alpha value is -2.30. The molecule has 1 saturated heterocycles. The van der Waals surface area contributed by atoms with Crippen LogP contribution in [0.2, 0.25) is 0 Å². The highest BCUT2D eigenvalue weighted by Gasteiger charge is 2.24. The predicted molar refractivity (Wildman–Crippen MR) is 108 cm³/mol. The first kappa shape index (κ1) is 18.1. The van der Waals surface area contributed by atoms with Gasteiger partial charge >= 0.3 is 0 Å². The highest BCUT2D eigenvalue weighted by Crippen LogP contribution is 2.38. The van der Waals surface area contributed by atoms with E-state index in [1.54, 1.807) is 7.11 Å². The highest BCUT2D eigenvalue weighted by atomic mass is 16.5. The summed E-state index contributed by atoms with van der Waals surface area (Å²) in [6.07, 6.45) is 3.42. The molecule has 0 unspecified atom stereocenters. The number of benzene rings is 2. The fraction of sp³-hybridized carbons (Fsp3) is 0.391. The molecule has 2 heterocycles. The van der Waals surface area contributed by atoms with E-state index < -0.39 is 0 Å². The molecule has 1 N–H and O–H groups in total. The number of aliphatic hydroxyl groups excluding tert-OH is 1. The maximum absolute atomic E-state index is 9.71. The van der Waals surface area contributed by atoms with Crippen molar-refractivity contribution in [2.45, 2.75) is 38.8 Å². The zero-order valence-electron chi connectivity index (χ0n) is 16.1. The molecule has 1 fully saturated rings. The topological polar surface area (TPSA) is 45.8 Å². The second-order valence-electron chi connectivity index (χ2n) is 7.36. The van der Waals surface area contributed by atoms with E-state index in [4.69, 9.17) is 9.15 Å². The highest BCUT2D eigenvalue weighted by molar-refractivity contribution is 5.97. The summed E-state index contributed by atoms with van der Waals surface area (Å²) in [7, 11) is 1.72. The molecule has 1 atom stereocenters. The fourth-order valence-electron chi connectivity index (χ4n) is 4.26. The van der Waals surface area contributed by atoms with Gasteiger partial charge in [0.25, 0.3) is 0 Å². The number of aryl methyl sites for hydroxylation is 1. The van der Waals surface area contributed by atoms with Crippen LogP contribution in [-0.4, -0.2) is 36.3 Å². The van der Waals surface area contributed by atoms with Crippen molar-refractivity contribution in [3.8, 4) is 16.9 Å². The average molecular weight is 365 g/mol. The summed E-state index contributed by atoms with van der Waals surface area (Å²) in [5, 5.41) is 10.8. The van der Waals surface area contributed by atoms with Crippen molar-refractivity contribution in [1.82, 2.24) is 4.90 Å². The minimum atomic E-state index is 0.211. The zero-order chi connectivity index (χ0) is 18.8. The molecule has 4 nitrogen and oxygen atoms in total. The molecule has 0 spiro atoms. The first-order chi connectivity index (χ1) is 13.2. The van der Waals surface area contributed by atoms with Crippen LogP contribution < -0.4 is 4.74 Å². The number of likely N-dealkylation sites (tertiary alicyclic amines) is 1. The van der Waals surface area contributed by atoms with Crippen LogP contribution in [0.1, 0.15) is 30.6 Å². The number of furan rings is 1. The van der Waals surface area contributed by atoms with E-state index in [1.165, 1.54) is 12.8 Å². The quantitative estimate of drug-likeness (QED) is 0.708. The molecule has 3 aromatic rings. The molecule has 0 bridgehead atoms. The lowest BCUT2D eigenvalue weighted by Gasteiger charge is -2.34. The summed E-state index contributed by atoms with van der Waals surface area (Å²) in [5.41, 5.74) is 4.28. The van der Waals surface area contributed by atoms with Gasteiger partial charge in [0.15, 0.2) is 0 Å². The Morgan fingerprint density at radius 1 is 1.19 bits per heavy atom. The maximum Gasteiger partial charge on any atom is 0.135 e. The van der Waals surface area contributed by atoms with Crippen LogP contribution in [0.15, 0.2) is 46.9 Å². The molecule has 1 aliphatic rings. The fourth-order valence-corrected chi connectivity index (χ4v) is 4.26. The molecule has 27 heavy (non-hydrogen) atoms. The van der Waals surface area contributed by atoms with Crippen LogP contribution in [0.4, 0.5) is 0 Å². The molecule has 2 aromatic carbocycles. The number of hydrogen-bond acceptors (Lipinski definition) is 4. The average Bonchev–Trinajstić information content (AvgIpc) is 3.03. The van der Waals surface area contributed by atoms with Gasteiger partial charge in [-0.15, -0.1) is 0 Å². The first-order valence-electron chi connectivity index (χ1n) is 9.71. The van der Waals surface area contributed by atoms with E-state index in [-0.39, 0.29) is 12.6 Å². The molecule has 4 heteroatoms. The van der Waals surface area contributed by atoms with E-state index >= 15 is 0 Å². The van der Waals surface area contributed by atoms with Gasteiger partial charge < -0.3 is 14.3 Å². The molecular weight excluding hydrogens is 338 g/mol. The van der Waals surface area contributed by atoms with Gasteiger partial charge in [0.2, 0.25) is 0 Å². The van der Waals surface area contributed by atoms with Crippen LogP contribution in [0.25, 0.3) is 22.1 Å². The van der Waals surface area contributed by atoms with Crippen molar-refractivity contribution in [3.63, 3.8) is 0 Å². The van der Waals surface area contributed by atoms with E-state index in [0.717, 1.165) is 58.7 Å². The number of hydrogen-bond donors (Lipinski definition) is 1. The number of rotatable bonds is 5. The summed E-state index contributed by atoms with van der Waals surface area (Å²) in [6.45, 7) is 4.01. The van der Waals surface area contributed by atoms with Crippen molar-refractivity contribution in [2.24, 2.45) is 0 Å².